The highest BCUT2D eigenvalue weighted by atomic mass is 19.4. The van der Waals surface area contributed by atoms with Gasteiger partial charge in [-0.05, 0) is 78.9 Å². The molecule has 2 aliphatic rings. The van der Waals surface area contributed by atoms with Crippen LogP contribution in [0.2, 0.25) is 0 Å². The molecule has 0 aromatic heterocycles. The fourth-order valence-corrected chi connectivity index (χ4v) is 7.59. The third kappa shape index (κ3) is 8.25. The molecule has 5 aromatic carbocycles. The van der Waals surface area contributed by atoms with Gasteiger partial charge in [-0.3, -0.25) is 29.1 Å². The van der Waals surface area contributed by atoms with Gasteiger partial charge in [-0.2, -0.15) is 13.2 Å². The highest BCUT2D eigenvalue weighted by molar-refractivity contribution is 6.15. The summed E-state index contributed by atoms with van der Waals surface area (Å²) in [5.74, 6) is -2.18. The summed E-state index contributed by atoms with van der Waals surface area (Å²) < 4.78 is 41.9. The van der Waals surface area contributed by atoms with E-state index in [4.69, 9.17) is 0 Å². The molecule has 2 unspecified atom stereocenters. The van der Waals surface area contributed by atoms with Crippen molar-refractivity contribution in [3.63, 3.8) is 0 Å². The molecule has 0 bridgehead atoms. The van der Waals surface area contributed by atoms with E-state index >= 15 is 0 Å². The van der Waals surface area contributed by atoms with Crippen molar-refractivity contribution in [1.82, 2.24) is 10.2 Å². The average Bonchev–Trinajstić information content (AvgIpc) is 3.45. The topological polar surface area (TPSA) is 110 Å². The van der Waals surface area contributed by atoms with E-state index in [1.54, 1.807) is 72.8 Å². The van der Waals surface area contributed by atoms with E-state index in [0.717, 1.165) is 59.6 Å². The number of phenols is 1. The second-order valence-electron chi connectivity index (χ2n) is 14.5. The van der Waals surface area contributed by atoms with Gasteiger partial charge in [-0.15, -0.1) is 0 Å². The summed E-state index contributed by atoms with van der Waals surface area (Å²) >= 11 is 0. The number of aryl methyl sites for hydroxylation is 1. The van der Waals surface area contributed by atoms with Crippen molar-refractivity contribution < 1.29 is 37.5 Å². The van der Waals surface area contributed by atoms with Crippen molar-refractivity contribution in [2.45, 2.75) is 69.9 Å². The van der Waals surface area contributed by atoms with Gasteiger partial charge in [0.05, 0.1) is 17.7 Å². The van der Waals surface area contributed by atoms with Crippen LogP contribution in [0.15, 0.2) is 127 Å². The normalized spacial score (nSPS) is 16.7. The molecule has 57 heavy (non-hydrogen) atoms. The van der Waals surface area contributed by atoms with E-state index in [0.29, 0.717) is 11.1 Å². The monoisotopic (exact) mass is 774 g/mol. The van der Waals surface area contributed by atoms with Crippen molar-refractivity contribution in [3.8, 4) is 5.75 Å². The first-order valence-electron chi connectivity index (χ1n) is 18.8. The third-order valence-corrected chi connectivity index (χ3v) is 10.5. The van der Waals surface area contributed by atoms with Gasteiger partial charge < -0.3 is 10.4 Å². The average molecular weight is 775 g/mol. The molecule has 2 fully saturated rings. The Balaban J connectivity index is 1.38. The van der Waals surface area contributed by atoms with Gasteiger partial charge in [-0.1, -0.05) is 110 Å². The van der Waals surface area contributed by atoms with Gasteiger partial charge in [0, 0.05) is 17.4 Å². The van der Waals surface area contributed by atoms with Crippen LogP contribution in [-0.2, 0) is 22.3 Å². The summed E-state index contributed by atoms with van der Waals surface area (Å²) in [4.78, 5) is 61.3. The molecule has 12 heteroatoms. The molecule has 0 radical (unpaired) electrons. The number of hydrogen-bond donors (Lipinski definition) is 2. The number of carbonyl (C=O) groups is 4. The summed E-state index contributed by atoms with van der Waals surface area (Å²) in [6, 6.07) is 28.6. The first kappa shape index (κ1) is 38.8. The van der Waals surface area contributed by atoms with Crippen LogP contribution in [0.3, 0.4) is 0 Å². The Morgan fingerprint density at radius 2 is 1.51 bits per heavy atom. The van der Waals surface area contributed by atoms with E-state index < -0.39 is 47.6 Å². The Kier molecular flexibility index (Phi) is 11.1. The predicted octanol–water partition coefficient (Wildman–Crippen LogP) is 9.27. The van der Waals surface area contributed by atoms with Gasteiger partial charge in [0.15, 0.2) is 0 Å². The Morgan fingerprint density at radius 1 is 0.825 bits per heavy atom. The van der Waals surface area contributed by atoms with Crippen molar-refractivity contribution in [1.29, 1.82) is 0 Å². The van der Waals surface area contributed by atoms with Crippen LogP contribution < -0.4 is 15.1 Å². The van der Waals surface area contributed by atoms with Gasteiger partial charge in [0.1, 0.15) is 17.8 Å². The zero-order valence-electron chi connectivity index (χ0n) is 31.2. The molecule has 0 spiro atoms. The summed E-state index contributed by atoms with van der Waals surface area (Å²) in [7, 11) is 0. The minimum Gasteiger partial charge on any atom is -0.507 e. The number of halogens is 3. The van der Waals surface area contributed by atoms with Crippen molar-refractivity contribution in [2.24, 2.45) is 0 Å². The van der Waals surface area contributed by atoms with Gasteiger partial charge >= 0.3 is 12.2 Å². The standard InChI is InChI=1S/C45H41F3N4O5/c1-29-22-24-31(25-23-29)39(41(54)49-34-16-6-3-7-17-34)51(42(55)37-20-8-9-21-38(37)53)35-18-10-14-32(26-35)40-43(56)50(28-30-12-4-2-5-13-30)44(57)52(40)36-19-11-15-33(27-36)45(46,47)48/h2,4-5,8-15,18-27,34,39-40,53H,3,6-7,16-17,28H2,1H3,(H,49,54). The number of alkyl halides is 3. The maximum Gasteiger partial charge on any atom is 0.416 e. The van der Waals surface area contributed by atoms with Crippen LogP contribution in [0.1, 0.15) is 82.4 Å². The number of carbonyl (C=O) groups excluding carboxylic acids is 4. The van der Waals surface area contributed by atoms with E-state index in [9.17, 15) is 37.5 Å². The van der Waals surface area contributed by atoms with Crippen LogP contribution in [0, 0.1) is 6.92 Å². The number of para-hydroxylation sites is 1. The number of hydrogen-bond acceptors (Lipinski definition) is 5. The van der Waals surface area contributed by atoms with Crippen molar-refractivity contribution >= 4 is 35.1 Å². The Bertz CT molecular complexity index is 2280. The van der Waals surface area contributed by atoms with Crippen LogP contribution in [0.5, 0.6) is 5.75 Å². The van der Waals surface area contributed by atoms with E-state index in [1.807, 2.05) is 19.1 Å². The van der Waals surface area contributed by atoms with E-state index in [1.165, 1.54) is 35.2 Å². The quantitative estimate of drug-likeness (QED) is 0.138. The second-order valence-corrected chi connectivity index (χ2v) is 14.5. The summed E-state index contributed by atoms with van der Waals surface area (Å²) in [5, 5.41) is 14.1. The molecule has 2 atom stereocenters. The minimum atomic E-state index is -4.73. The number of phenolic OH excluding ortho intramolecular Hbond substituents is 1. The Hall–Kier alpha value is -6.43. The van der Waals surface area contributed by atoms with Gasteiger partial charge in [0.25, 0.3) is 11.8 Å². The number of nitrogens with zero attached hydrogens (tertiary/aromatic N) is 3. The number of imide groups is 1. The minimum absolute atomic E-state index is 0.0859. The SMILES string of the molecule is Cc1ccc(C(C(=O)NC2CCCCC2)N(C(=O)c2ccccc2O)c2cccc(C3C(=O)N(Cc4ccccc4)C(=O)N3c3cccc(C(F)(F)F)c3)c2)cc1. The molecule has 1 saturated heterocycles. The highest BCUT2D eigenvalue weighted by Crippen LogP contribution is 2.41. The van der Waals surface area contributed by atoms with Crippen LogP contribution >= 0.6 is 0 Å². The first-order chi connectivity index (χ1) is 27.4. The summed E-state index contributed by atoms with van der Waals surface area (Å²) in [6.07, 6.45) is -0.229. The number of anilines is 2. The number of aromatic hydroxyl groups is 1. The predicted molar refractivity (Wildman–Crippen MR) is 209 cm³/mol. The fourth-order valence-electron chi connectivity index (χ4n) is 7.59. The molecule has 1 heterocycles. The molecule has 7 rings (SSSR count). The third-order valence-electron chi connectivity index (χ3n) is 10.5. The lowest BCUT2D eigenvalue weighted by molar-refractivity contribution is -0.137. The van der Waals surface area contributed by atoms with E-state index in [2.05, 4.69) is 5.32 Å². The maximum atomic E-state index is 14.8. The van der Waals surface area contributed by atoms with Crippen molar-refractivity contribution in [2.75, 3.05) is 9.80 Å². The lowest BCUT2D eigenvalue weighted by atomic mass is 9.94. The number of benzene rings is 5. The molecular weight excluding hydrogens is 734 g/mol. The van der Waals surface area contributed by atoms with E-state index in [-0.39, 0.29) is 40.8 Å². The molecule has 1 aliphatic heterocycles. The largest absolute Gasteiger partial charge is 0.507 e. The van der Waals surface area contributed by atoms with Crippen LogP contribution in [0.25, 0.3) is 0 Å². The van der Waals surface area contributed by atoms with Gasteiger partial charge in [0.2, 0.25) is 5.91 Å². The highest BCUT2D eigenvalue weighted by Gasteiger charge is 2.48. The lowest BCUT2D eigenvalue weighted by Gasteiger charge is -2.34. The second kappa shape index (κ2) is 16.4. The summed E-state index contributed by atoms with van der Waals surface area (Å²) in [5.41, 5.74) is 1.12. The Morgan fingerprint density at radius 3 is 2.21 bits per heavy atom. The van der Waals surface area contributed by atoms with Crippen LogP contribution in [0.4, 0.5) is 29.3 Å². The number of urea groups is 1. The zero-order chi connectivity index (χ0) is 40.3. The fraction of sp³-hybridized carbons (Fsp3) is 0.244. The zero-order valence-corrected chi connectivity index (χ0v) is 31.2. The lowest BCUT2D eigenvalue weighted by Crippen LogP contribution is -2.47. The first-order valence-corrected chi connectivity index (χ1v) is 18.8. The number of amides is 5. The maximum absolute atomic E-state index is 14.8. The number of rotatable bonds is 10. The summed E-state index contributed by atoms with van der Waals surface area (Å²) in [6.45, 7) is 1.76. The molecular formula is C45H41F3N4O5. The molecule has 1 saturated carbocycles. The molecule has 292 valence electrons. The smallest absolute Gasteiger partial charge is 0.416 e. The van der Waals surface area contributed by atoms with Crippen molar-refractivity contribution in [3.05, 3.63) is 161 Å². The molecule has 1 aliphatic carbocycles. The van der Waals surface area contributed by atoms with Gasteiger partial charge in [-0.25, -0.2) is 4.79 Å². The molecule has 5 aromatic rings. The van der Waals surface area contributed by atoms with Crippen LogP contribution in [-0.4, -0.2) is 39.8 Å². The Labute approximate surface area is 328 Å². The molecule has 2 N–H and O–H groups in total. The number of nitrogens with one attached hydrogen (secondary N) is 1. The molecule has 9 nitrogen and oxygen atoms in total. The molecule has 5 amide bonds.